The molecule has 0 radical (unpaired) electrons. The quantitative estimate of drug-likeness (QED) is 0.323. The number of halogens is 2. The summed E-state index contributed by atoms with van der Waals surface area (Å²) in [6, 6.07) is 23.3. The first-order chi connectivity index (χ1) is 18.4. The van der Waals surface area contributed by atoms with Gasteiger partial charge in [-0.1, -0.05) is 66.5 Å². The van der Waals surface area contributed by atoms with Crippen molar-refractivity contribution in [3.8, 4) is 17.2 Å². The van der Waals surface area contributed by atoms with Crippen LogP contribution in [0.2, 0.25) is 10.0 Å². The highest BCUT2D eigenvalue weighted by Crippen LogP contribution is 2.29. The Morgan fingerprint density at radius 3 is 2.53 bits per heavy atom. The van der Waals surface area contributed by atoms with E-state index < -0.39 is 0 Å². The van der Waals surface area contributed by atoms with Crippen LogP contribution in [0.25, 0.3) is 11.1 Å². The van der Waals surface area contributed by atoms with Crippen LogP contribution in [0.15, 0.2) is 66.7 Å². The van der Waals surface area contributed by atoms with Gasteiger partial charge in [-0.15, -0.1) is 0 Å². The molecule has 1 fully saturated rings. The summed E-state index contributed by atoms with van der Waals surface area (Å²) in [5, 5.41) is 16.0. The van der Waals surface area contributed by atoms with E-state index >= 15 is 0 Å². The number of nitriles is 1. The number of hydrogen-bond acceptors (Lipinski definition) is 4. The average Bonchev–Trinajstić information content (AvgIpc) is 2.92. The molecule has 3 aromatic carbocycles. The monoisotopic (exact) mass is 549 g/mol. The summed E-state index contributed by atoms with van der Waals surface area (Å²) in [6.07, 6.45) is 1.14. The minimum atomic E-state index is -0.296. The third-order valence-electron chi connectivity index (χ3n) is 6.96. The van der Waals surface area contributed by atoms with Crippen molar-refractivity contribution in [1.82, 2.24) is 15.1 Å². The Morgan fingerprint density at radius 1 is 1.05 bits per heavy atom. The number of carbonyl (C=O) groups excluding carboxylic acids is 1. The zero-order valence-corrected chi connectivity index (χ0v) is 23.3. The number of urea groups is 1. The van der Waals surface area contributed by atoms with Crippen molar-refractivity contribution in [1.29, 1.82) is 5.26 Å². The number of anilines is 1. The second-order valence-corrected chi connectivity index (χ2v) is 10.5. The number of carbonyl (C=O) groups is 1. The summed E-state index contributed by atoms with van der Waals surface area (Å²) in [5.74, 6) is 0. The summed E-state index contributed by atoms with van der Waals surface area (Å²) in [6.45, 7) is 8.95. The smallest absolute Gasteiger partial charge is 0.319 e. The molecule has 2 amide bonds. The van der Waals surface area contributed by atoms with Crippen molar-refractivity contribution >= 4 is 34.9 Å². The standard InChI is InChI=1S/C30H33Cl2N5O/c1-3-13-36-14-15-37(21(2)20-36)29(19-34-30(38)35-26-11-12-27(31)28(32)17-26)24-9-7-23(8-10-24)25-6-4-5-22(16-25)18-33/h4-12,16-17,21,29H,3,13-15,19-20H2,1-2H3,(H2,34,35,38)/t21-,29+/m0/s1. The first-order valence-electron chi connectivity index (χ1n) is 13.0. The lowest BCUT2D eigenvalue weighted by molar-refractivity contribution is 0.0490. The van der Waals surface area contributed by atoms with Gasteiger partial charge in [0.2, 0.25) is 0 Å². The lowest BCUT2D eigenvalue weighted by atomic mass is 9.97. The Balaban J connectivity index is 1.52. The van der Waals surface area contributed by atoms with E-state index in [9.17, 15) is 10.1 Å². The molecule has 2 N–H and O–H groups in total. The number of benzene rings is 3. The maximum absolute atomic E-state index is 12.8. The first kappa shape index (κ1) is 27.9. The molecular formula is C30H33Cl2N5O. The molecule has 2 atom stereocenters. The van der Waals surface area contributed by atoms with Crippen LogP contribution in [-0.4, -0.2) is 54.6 Å². The maximum Gasteiger partial charge on any atom is 0.319 e. The molecule has 0 spiro atoms. The Hall–Kier alpha value is -3.08. The molecule has 198 valence electrons. The molecule has 6 nitrogen and oxygen atoms in total. The minimum absolute atomic E-state index is 0.00725. The SMILES string of the molecule is CCCN1CCN([C@H](CNC(=O)Nc2ccc(Cl)c(Cl)c2)c2ccc(-c3cccc(C#N)c3)cc2)[C@@H](C)C1. The summed E-state index contributed by atoms with van der Waals surface area (Å²) in [5.41, 5.74) is 4.42. The summed E-state index contributed by atoms with van der Waals surface area (Å²) in [7, 11) is 0. The van der Waals surface area contributed by atoms with Crippen molar-refractivity contribution in [2.24, 2.45) is 0 Å². The van der Waals surface area contributed by atoms with Crippen LogP contribution in [0.1, 0.15) is 37.4 Å². The minimum Gasteiger partial charge on any atom is -0.336 e. The van der Waals surface area contributed by atoms with Crippen LogP contribution >= 0.6 is 23.2 Å². The van der Waals surface area contributed by atoms with E-state index in [1.807, 2.05) is 24.3 Å². The molecule has 4 rings (SSSR count). The number of nitrogens with one attached hydrogen (secondary N) is 2. The van der Waals surface area contributed by atoms with Gasteiger partial charge in [0.15, 0.2) is 0 Å². The highest BCUT2D eigenvalue weighted by molar-refractivity contribution is 6.42. The second kappa shape index (κ2) is 13.1. The van der Waals surface area contributed by atoms with Crippen molar-refractivity contribution in [2.75, 3.05) is 38.0 Å². The molecule has 0 aliphatic carbocycles. The van der Waals surface area contributed by atoms with Crippen LogP contribution < -0.4 is 10.6 Å². The second-order valence-electron chi connectivity index (χ2n) is 9.68. The van der Waals surface area contributed by atoms with E-state index in [4.69, 9.17) is 23.2 Å². The average molecular weight is 551 g/mol. The molecule has 1 heterocycles. The zero-order chi connectivity index (χ0) is 27.1. The van der Waals surface area contributed by atoms with Crippen LogP contribution in [0.3, 0.4) is 0 Å². The maximum atomic E-state index is 12.8. The number of nitrogens with zero attached hydrogens (tertiary/aromatic N) is 3. The van der Waals surface area contributed by atoms with Gasteiger partial charge in [0.1, 0.15) is 0 Å². The van der Waals surface area contributed by atoms with Gasteiger partial charge >= 0.3 is 6.03 Å². The largest absolute Gasteiger partial charge is 0.336 e. The van der Waals surface area contributed by atoms with E-state index in [-0.39, 0.29) is 12.1 Å². The topological polar surface area (TPSA) is 71.4 Å². The molecule has 0 unspecified atom stereocenters. The van der Waals surface area contributed by atoms with Gasteiger partial charge < -0.3 is 15.5 Å². The van der Waals surface area contributed by atoms with Gasteiger partial charge in [-0.3, -0.25) is 4.90 Å². The first-order valence-corrected chi connectivity index (χ1v) is 13.7. The van der Waals surface area contributed by atoms with Crippen LogP contribution in [0, 0.1) is 11.3 Å². The summed E-state index contributed by atoms with van der Waals surface area (Å²) >= 11 is 12.1. The van der Waals surface area contributed by atoms with Gasteiger partial charge in [-0.05, 0) is 66.9 Å². The molecular weight excluding hydrogens is 517 g/mol. The normalized spacial score (nSPS) is 17.0. The molecule has 1 saturated heterocycles. The number of piperazine rings is 1. The van der Waals surface area contributed by atoms with Gasteiger partial charge in [0, 0.05) is 37.9 Å². The lowest BCUT2D eigenvalue weighted by Gasteiger charge is -2.44. The molecule has 8 heteroatoms. The van der Waals surface area contributed by atoms with Crippen LogP contribution in [0.5, 0.6) is 0 Å². The van der Waals surface area contributed by atoms with E-state index in [2.05, 4.69) is 64.6 Å². The summed E-state index contributed by atoms with van der Waals surface area (Å²) < 4.78 is 0. The Bertz CT molecular complexity index is 1290. The fourth-order valence-electron chi connectivity index (χ4n) is 5.06. The predicted octanol–water partition coefficient (Wildman–Crippen LogP) is 6.81. The van der Waals surface area contributed by atoms with Gasteiger partial charge in [0.05, 0.1) is 27.7 Å². The van der Waals surface area contributed by atoms with E-state index in [0.29, 0.717) is 33.9 Å². The molecule has 0 aromatic heterocycles. The summed E-state index contributed by atoms with van der Waals surface area (Å²) in [4.78, 5) is 17.8. The van der Waals surface area contributed by atoms with E-state index in [1.54, 1.807) is 18.2 Å². The van der Waals surface area contributed by atoms with E-state index in [0.717, 1.165) is 49.3 Å². The highest BCUT2D eigenvalue weighted by Gasteiger charge is 2.30. The van der Waals surface area contributed by atoms with Crippen molar-refractivity contribution < 1.29 is 4.79 Å². The Morgan fingerprint density at radius 2 is 1.84 bits per heavy atom. The van der Waals surface area contributed by atoms with Crippen LogP contribution in [0.4, 0.5) is 10.5 Å². The molecule has 3 aromatic rings. The Kier molecular flexibility index (Phi) is 9.65. The molecule has 0 saturated carbocycles. The predicted molar refractivity (Wildman–Crippen MR) is 156 cm³/mol. The van der Waals surface area contributed by atoms with Gasteiger partial charge in [-0.2, -0.15) is 5.26 Å². The number of hydrogen-bond donors (Lipinski definition) is 2. The third-order valence-corrected chi connectivity index (χ3v) is 7.70. The fourth-order valence-corrected chi connectivity index (χ4v) is 5.36. The van der Waals surface area contributed by atoms with Crippen molar-refractivity contribution in [3.63, 3.8) is 0 Å². The molecule has 1 aliphatic heterocycles. The number of rotatable bonds is 8. The number of amides is 2. The third kappa shape index (κ3) is 7.06. The van der Waals surface area contributed by atoms with Crippen LogP contribution in [-0.2, 0) is 0 Å². The van der Waals surface area contributed by atoms with E-state index in [1.165, 1.54) is 0 Å². The molecule has 1 aliphatic rings. The lowest BCUT2D eigenvalue weighted by Crippen LogP contribution is -2.54. The molecule has 0 bridgehead atoms. The highest BCUT2D eigenvalue weighted by atomic mass is 35.5. The zero-order valence-electron chi connectivity index (χ0n) is 21.8. The van der Waals surface area contributed by atoms with Crippen molar-refractivity contribution in [3.05, 3.63) is 87.9 Å². The van der Waals surface area contributed by atoms with Crippen molar-refractivity contribution in [2.45, 2.75) is 32.4 Å². The van der Waals surface area contributed by atoms with Gasteiger partial charge in [0.25, 0.3) is 0 Å². The van der Waals surface area contributed by atoms with Gasteiger partial charge in [-0.25, -0.2) is 4.79 Å². The Labute approximate surface area is 235 Å². The molecule has 38 heavy (non-hydrogen) atoms. The fraction of sp³-hybridized carbons (Fsp3) is 0.333.